The highest BCUT2D eigenvalue weighted by molar-refractivity contribution is 5.90. The number of hydrogen-bond donors (Lipinski definition) is 0. The minimum Gasteiger partial charge on any atom is -0.338 e. The van der Waals surface area contributed by atoms with Crippen molar-refractivity contribution in [2.75, 3.05) is 18.0 Å². The van der Waals surface area contributed by atoms with Gasteiger partial charge in [-0.15, -0.1) is 0 Å². The van der Waals surface area contributed by atoms with Gasteiger partial charge in [-0.05, 0) is 18.6 Å². The largest absolute Gasteiger partial charge is 0.338 e. The van der Waals surface area contributed by atoms with Crippen molar-refractivity contribution in [2.45, 2.75) is 31.8 Å². The third-order valence-electron chi connectivity index (χ3n) is 4.93. The molecule has 1 fully saturated rings. The van der Waals surface area contributed by atoms with E-state index in [0.29, 0.717) is 6.54 Å². The molecule has 2 aliphatic rings. The van der Waals surface area contributed by atoms with Gasteiger partial charge in [-0.25, -0.2) is 0 Å². The van der Waals surface area contributed by atoms with Gasteiger partial charge in [0, 0.05) is 11.1 Å². The Morgan fingerprint density at radius 1 is 1.32 bits per heavy atom. The van der Waals surface area contributed by atoms with E-state index in [9.17, 15) is 4.79 Å². The van der Waals surface area contributed by atoms with E-state index >= 15 is 0 Å². The maximum Gasteiger partial charge on any atom is 0.244 e. The van der Waals surface area contributed by atoms with Crippen LogP contribution in [0.3, 0.4) is 0 Å². The lowest BCUT2D eigenvalue weighted by atomic mass is 9.76. The topological polar surface area (TPSA) is 47.3 Å². The Morgan fingerprint density at radius 2 is 2.00 bits per heavy atom. The van der Waals surface area contributed by atoms with Gasteiger partial charge in [-0.3, -0.25) is 4.79 Å². The number of amides is 1. The zero-order valence-electron chi connectivity index (χ0n) is 11.5. The first kappa shape index (κ1) is 12.0. The highest BCUT2D eigenvalue weighted by Crippen LogP contribution is 2.54. The van der Waals surface area contributed by atoms with E-state index in [4.69, 9.17) is 5.26 Å². The molecule has 0 unspecified atom stereocenters. The second-order valence-electron chi connectivity index (χ2n) is 5.89. The second-order valence-corrected chi connectivity index (χ2v) is 5.89. The van der Waals surface area contributed by atoms with Crippen LogP contribution in [0, 0.1) is 11.3 Å². The van der Waals surface area contributed by atoms with Gasteiger partial charge in [0.1, 0.15) is 12.2 Å². The molecular formula is C15H17N3O. The second kappa shape index (κ2) is 3.51. The fourth-order valence-corrected chi connectivity index (χ4v) is 3.56. The molecule has 1 atom stereocenters. The first-order valence-corrected chi connectivity index (χ1v) is 6.49. The Morgan fingerprint density at radius 3 is 2.68 bits per heavy atom. The van der Waals surface area contributed by atoms with E-state index in [1.54, 1.807) is 4.90 Å². The van der Waals surface area contributed by atoms with Gasteiger partial charge >= 0.3 is 0 Å². The molecule has 4 nitrogen and oxygen atoms in total. The third-order valence-corrected chi connectivity index (χ3v) is 4.93. The molecule has 4 heteroatoms. The number of carbonyl (C=O) groups is 1. The zero-order chi connectivity index (χ0) is 13.8. The van der Waals surface area contributed by atoms with Crippen LogP contribution in [0.25, 0.3) is 0 Å². The number of rotatable bonds is 1. The summed E-state index contributed by atoms with van der Waals surface area (Å²) in [6.07, 6.45) is 0. The molecule has 98 valence electrons. The first-order chi connectivity index (χ1) is 8.94. The molecule has 0 radical (unpaired) electrons. The zero-order valence-corrected chi connectivity index (χ0v) is 11.5. The van der Waals surface area contributed by atoms with Crippen LogP contribution in [0.15, 0.2) is 24.3 Å². The van der Waals surface area contributed by atoms with E-state index in [2.05, 4.69) is 43.9 Å². The van der Waals surface area contributed by atoms with Crippen molar-refractivity contribution in [1.82, 2.24) is 4.90 Å². The maximum atomic E-state index is 12.2. The van der Waals surface area contributed by atoms with Crippen molar-refractivity contribution in [2.24, 2.45) is 0 Å². The minimum absolute atomic E-state index is 0.0339. The van der Waals surface area contributed by atoms with Crippen LogP contribution in [0.5, 0.6) is 0 Å². The summed E-state index contributed by atoms with van der Waals surface area (Å²) in [4.78, 5) is 16.1. The number of nitriles is 1. The monoisotopic (exact) mass is 255 g/mol. The Balaban J connectivity index is 2.22. The average Bonchev–Trinajstić information content (AvgIpc) is 2.73. The first-order valence-electron chi connectivity index (χ1n) is 6.49. The Labute approximate surface area is 113 Å². The molecule has 3 rings (SSSR count). The number of nitrogens with zero attached hydrogens (tertiary/aromatic N) is 3. The van der Waals surface area contributed by atoms with E-state index in [1.807, 2.05) is 12.1 Å². The molecule has 0 aliphatic carbocycles. The molecule has 0 spiro atoms. The Hall–Kier alpha value is -2.02. The van der Waals surface area contributed by atoms with Crippen molar-refractivity contribution >= 4 is 11.6 Å². The third kappa shape index (κ3) is 1.20. The normalized spacial score (nSPS) is 27.2. The molecule has 2 heterocycles. The highest BCUT2D eigenvalue weighted by Gasteiger charge is 2.62. The number of para-hydroxylation sites is 1. The summed E-state index contributed by atoms with van der Waals surface area (Å²) in [6, 6.07) is 10.3. The molecule has 1 amide bonds. The Kier molecular flexibility index (Phi) is 2.22. The summed E-state index contributed by atoms with van der Waals surface area (Å²) < 4.78 is 0. The van der Waals surface area contributed by atoms with Crippen molar-refractivity contribution in [3.63, 3.8) is 0 Å². The van der Waals surface area contributed by atoms with Gasteiger partial charge in [-0.2, -0.15) is 5.26 Å². The van der Waals surface area contributed by atoms with Crippen LogP contribution in [-0.2, 0) is 10.2 Å². The Bertz CT molecular complexity index is 602. The fraction of sp³-hybridized carbons (Fsp3) is 0.467. The van der Waals surface area contributed by atoms with Crippen molar-refractivity contribution < 1.29 is 4.79 Å². The van der Waals surface area contributed by atoms with Crippen LogP contribution in [0.1, 0.15) is 26.3 Å². The molecule has 0 N–H and O–H groups in total. The molecule has 1 aromatic rings. The number of benzene rings is 1. The van der Waals surface area contributed by atoms with Crippen LogP contribution >= 0.6 is 0 Å². The smallest absolute Gasteiger partial charge is 0.244 e. The molecule has 19 heavy (non-hydrogen) atoms. The standard InChI is InChI=1S/C15H17N3O/c1-14(2)11-6-4-5-7-12(11)18-10-13(19)17(9-8-16)15(14,18)3/h4-7H,9-10H2,1-3H3/t15-/m1/s1. The SMILES string of the molecule is CC1(C)c2ccccc2N2CC(=O)N(CC#N)[C@]21C. The molecular weight excluding hydrogens is 238 g/mol. The summed E-state index contributed by atoms with van der Waals surface area (Å²) in [5, 5.41) is 9.00. The lowest BCUT2D eigenvalue weighted by Gasteiger charge is -2.45. The van der Waals surface area contributed by atoms with Gasteiger partial charge in [0.05, 0.1) is 12.6 Å². The fourth-order valence-electron chi connectivity index (χ4n) is 3.56. The summed E-state index contributed by atoms with van der Waals surface area (Å²) in [5.41, 5.74) is 1.70. The molecule has 0 bridgehead atoms. The van der Waals surface area contributed by atoms with Gasteiger partial charge in [0.2, 0.25) is 5.91 Å². The van der Waals surface area contributed by atoms with E-state index < -0.39 is 5.66 Å². The average molecular weight is 255 g/mol. The van der Waals surface area contributed by atoms with E-state index in [0.717, 1.165) is 5.69 Å². The molecule has 2 aliphatic heterocycles. The van der Waals surface area contributed by atoms with Gasteiger partial charge in [-0.1, -0.05) is 32.0 Å². The lowest BCUT2D eigenvalue weighted by molar-refractivity contribution is -0.130. The maximum absolute atomic E-state index is 12.2. The van der Waals surface area contributed by atoms with Gasteiger partial charge < -0.3 is 9.80 Å². The van der Waals surface area contributed by atoms with Crippen LogP contribution in [0.2, 0.25) is 0 Å². The predicted molar refractivity (Wildman–Crippen MR) is 72.5 cm³/mol. The van der Waals surface area contributed by atoms with Crippen molar-refractivity contribution in [3.05, 3.63) is 29.8 Å². The molecule has 0 saturated carbocycles. The van der Waals surface area contributed by atoms with E-state index in [-0.39, 0.29) is 17.9 Å². The summed E-state index contributed by atoms with van der Waals surface area (Å²) in [6.45, 7) is 6.86. The number of anilines is 1. The van der Waals surface area contributed by atoms with E-state index in [1.165, 1.54) is 5.56 Å². The van der Waals surface area contributed by atoms with Crippen molar-refractivity contribution in [1.29, 1.82) is 5.26 Å². The molecule has 1 aromatic carbocycles. The predicted octanol–water partition coefficient (Wildman–Crippen LogP) is 1.87. The summed E-state index contributed by atoms with van der Waals surface area (Å²) >= 11 is 0. The minimum atomic E-state index is -0.455. The summed E-state index contributed by atoms with van der Waals surface area (Å²) in [7, 11) is 0. The van der Waals surface area contributed by atoms with Gasteiger partial charge in [0.25, 0.3) is 0 Å². The molecule has 1 saturated heterocycles. The van der Waals surface area contributed by atoms with Crippen LogP contribution in [-0.4, -0.2) is 29.6 Å². The molecule has 0 aromatic heterocycles. The number of carbonyl (C=O) groups excluding carboxylic acids is 1. The van der Waals surface area contributed by atoms with Crippen LogP contribution in [0.4, 0.5) is 5.69 Å². The summed E-state index contributed by atoms with van der Waals surface area (Å²) in [5.74, 6) is 0.0339. The quantitative estimate of drug-likeness (QED) is 0.720. The van der Waals surface area contributed by atoms with Crippen LogP contribution < -0.4 is 4.90 Å². The highest BCUT2D eigenvalue weighted by atomic mass is 16.2. The van der Waals surface area contributed by atoms with Crippen molar-refractivity contribution in [3.8, 4) is 6.07 Å². The lowest BCUT2D eigenvalue weighted by Crippen LogP contribution is -2.59. The number of fused-ring (bicyclic) bond motifs is 3. The van der Waals surface area contributed by atoms with Gasteiger partial charge in [0.15, 0.2) is 0 Å². The number of hydrogen-bond acceptors (Lipinski definition) is 3.